The Hall–Kier alpha value is -6.31. The molecule has 10 rings (SSSR count). The highest BCUT2D eigenvalue weighted by Crippen LogP contribution is 2.39. The van der Waals surface area contributed by atoms with Gasteiger partial charge in [-0.15, -0.1) is 0 Å². The average Bonchev–Trinajstić information content (AvgIpc) is 0.776. The van der Waals surface area contributed by atoms with Crippen LogP contribution in [0.25, 0.3) is 21.9 Å². The molecule has 12 N–H and O–H groups in total. The van der Waals surface area contributed by atoms with E-state index in [1.807, 2.05) is 6.92 Å². The Morgan fingerprint density at radius 2 is 1.18 bits per heavy atom. The fraction of sp³-hybridized carbons (Fsp3) is 0.657. The predicted molar refractivity (Wildman–Crippen MR) is 337 cm³/mol. The van der Waals surface area contributed by atoms with E-state index in [2.05, 4.69) is 16.0 Å². The zero-order chi connectivity index (χ0) is 70.2. The lowest BCUT2D eigenvalue weighted by Crippen LogP contribution is -2.68. The Morgan fingerprint density at radius 1 is 0.612 bits per heavy atom. The van der Waals surface area contributed by atoms with Gasteiger partial charge in [0.25, 0.3) is 5.91 Å². The Bertz CT molecular complexity index is 3500. The summed E-state index contributed by atoms with van der Waals surface area (Å²) in [6.45, 7) is 4.09. The van der Waals surface area contributed by atoms with E-state index in [1.165, 1.54) is 26.8 Å². The van der Waals surface area contributed by atoms with E-state index in [0.29, 0.717) is 41.4 Å². The molecule has 6 aliphatic rings. The molecule has 0 radical (unpaired) electrons. The molecule has 0 bridgehead atoms. The van der Waals surface area contributed by atoms with E-state index in [9.17, 15) is 79.5 Å². The van der Waals surface area contributed by atoms with Crippen molar-refractivity contribution in [2.45, 2.75) is 233 Å². The molecule has 6 heterocycles. The third kappa shape index (κ3) is 17.3. The first-order valence-corrected chi connectivity index (χ1v) is 33.4. The number of carbonyl (C=O) groups is 5. The molecule has 2 aromatic carbocycles. The van der Waals surface area contributed by atoms with Crippen LogP contribution < -0.4 is 27.2 Å². The van der Waals surface area contributed by atoms with Gasteiger partial charge in [0.2, 0.25) is 17.7 Å². The number of hydrogen-bond donors (Lipinski definition) is 12. The number of amides is 4. The Balaban J connectivity index is 0.855. The molecule has 2 aliphatic carbocycles. The van der Waals surface area contributed by atoms with Crippen molar-refractivity contribution in [3.63, 3.8) is 0 Å². The summed E-state index contributed by atoms with van der Waals surface area (Å²) in [7, 11) is 0. The summed E-state index contributed by atoms with van der Waals surface area (Å²) in [4.78, 5) is 96.7. The van der Waals surface area contributed by atoms with E-state index in [4.69, 9.17) is 51.5 Å². The standard InChI is InChI=1S/C67H90N4O27/c1-5-12-44(62(85)71-19-11-20-71)91-59-50(70-33(4)75)65(96-48(27-72)53(59)79)95-47-24-36(23-40(69-32(3)74)58(47)98-66-56(82)55(81)51(77)31(2)90-66)41(76)15-10-18-68-61(84)37-25-45(88-29-38-21-34-13-6-8-16-42(34)92-63(38)86)52(78)46(26-37)94-67-57(83)60(54(80)49(28-73)97-67)89-30-39-22-35-14-7-9-17-43(35)93-64(39)87/h6-9,13-14,16-17,21-22,31,36-37,40,44-60,65-67,72-73,77-83H,5,10-12,15,18-20,23-30H2,1-4H3,(H,68,84)(H,69,74)(H,70,75)/t31?,36?,37-,40?,44-,45?,46+,47+,48-,49?,50?,51+,52?,53-,54-,55-,56?,57+,58+,59?,60?,65+,66-,67+/m0/s1. The molecule has 0 spiro atoms. The molecule has 2 aromatic heterocycles. The number of carbonyl (C=O) groups excluding carboxylic acids is 5. The van der Waals surface area contributed by atoms with Crippen LogP contribution in [-0.4, -0.2) is 248 Å². The zero-order valence-electron chi connectivity index (χ0n) is 54.8. The highest BCUT2D eigenvalue weighted by Gasteiger charge is 2.54. The van der Waals surface area contributed by atoms with Gasteiger partial charge in [0, 0.05) is 62.5 Å². The number of rotatable bonds is 27. The van der Waals surface area contributed by atoms with Crippen LogP contribution in [0.2, 0.25) is 0 Å². The molecule has 98 heavy (non-hydrogen) atoms. The van der Waals surface area contributed by atoms with Crippen LogP contribution in [0.4, 0.5) is 0 Å². The summed E-state index contributed by atoms with van der Waals surface area (Å²) in [6, 6.07) is 14.1. The summed E-state index contributed by atoms with van der Waals surface area (Å²) in [6.07, 6.45) is -29.7. The number of aliphatic hydroxyl groups excluding tert-OH is 9. The van der Waals surface area contributed by atoms with E-state index >= 15 is 0 Å². The van der Waals surface area contributed by atoms with Gasteiger partial charge in [0.1, 0.15) is 102 Å². The van der Waals surface area contributed by atoms with Crippen LogP contribution in [0.3, 0.4) is 0 Å². The summed E-state index contributed by atoms with van der Waals surface area (Å²) in [5.74, 6) is -4.54. The molecule has 4 saturated heterocycles. The van der Waals surface area contributed by atoms with Crippen LogP contribution in [0.5, 0.6) is 0 Å². The Labute approximate surface area is 562 Å². The number of fused-ring (bicyclic) bond motifs is 2. The van der Waals surface area contributed by atoms with E-state index < -0.39 is 202 Å². The van der Waals surface area contributed by atoms with Crippen molar-refractivity contribution < 1.29 is 121 Å². The molecule has 31 nitrogen and oxygen atoms in total. The number of nitrogens with one attached hydrogen (secondary N) is 3. The topological polar surface area (TPSA) is 450 Å². The summed E-state index contributed by atoms with van der Waals surface area (Å²) < 4.78 is 66.8. The van der Waals surface area contributed by atoms with Crippen molar-refractivity contribution in [1.82, 2.24) is 20.9 Å². The van der Waals surface area contributed by atoms with Crippen LogP contribution in [0, 0.1) is 11.8 Å². The summed E-state index contributed by atoms with van der Waals surface area (Å²) in [5, 5.41) is 110. The van der Waals surface area contributed by atoms with Crippen molar-refractivity contribution in [2.75, 3.05) is 32.8 Å². The SMILES string of the molecule is CCC[C@H](OC1C(NC(C)=O)[C@H](O[C@@H]2CC(C(=O)CCCNC(=O)[C@H]3CC(OCc4cc5ccccc5oc4=O)C(O)[C@H](O[C@@H]4OC(CO)[C@H](O)C(OCc5cc6ccccc6oc5=O)[C@H]4O)C3)CC(NC(C)=O)[C@H]2O[C@@H]2OC(C)[C@@H](O)[C@H](O)C2O)O[C@@H](CO)[C@@H]1O)C(=O)N1CCC1. The maximum Gasteiger partial charge on any atom is 0.341 e. The minimum absolute atomic E-state index is 0.0283. The second-order valence-corrected chi connectivity index (χ2v) is 26.2. The number of nitrogens with zero attached hydrogens (tertiary/aromatic N) is 1. The third-order valence-electron chi connectivity index (χ3n) is 19.1. The molecule has 4 aromatic rings. The minimum atomic E-state index is -1.85. The summed E-state index contributed by atoms with van der Waals surface area (Å²) >= 11 is 0. The van der Waals surface area contributed by atoms with Crippen molar-refractivity contribution >= 4 is 51.4 Å². The monoisotopic (exact) mass is 1380 g/mol. The van der Waals surface area contributed by atoms with E-state index in [0.717, 1.165) is 6.42 Å². The Morgan fingerprint density at radius 3 is 1.79 bits per heavy atom. The zero-order valence-corrected chi connectivity index (χ0v) is 54.8. The minimum Gasteiger partial charge on any atom is -0.422 e. The van der Waals surface area contributed by atoms with Gasteiger partial charge in [-0.3, -0.25) is 24.0 Å². The van der Waals surface area contributed by atoms with Gasteiger partial charge in [-0.2, -0.15) is 0 Å². The van der Waals surface area contributed by atoms with Gasteiger partial charge in [0.05, 0.1) is 68.0 Å². The van der Waals surface area contributed by atoms with Crippen molar-refractivity contribution in [3.8, 4) is 0 Å². The molecule has 540 valence electrons. The number of para-hydroxylation sites is 2. The van der Waals surface area contributed by atoms with E-state index in [1.54, 1.807) is 59.5 Å². The molecule has 6 fully saturated rings. The highest BCUT2D eigenvalue weighted by atomic mass is 16.7. The fourth-order valence-corrected chi connectivity index (χ4v) is 13.7. The smallest absolute Gasteiger partial charge is 0.341 e. The van der Waals surface area contributed by atoms with Crippen molar-refractivity contribution in [1.29, 1.82) is 0 Å². The lowest BCUT2D eigenvalue weighted by molar-refractivity contribution is -0.335. The second-order valence-electron chi connectivity index (χ2n) is 26.2. The first-order chi connectivity index (χ1) is 46.9. The van der Waals surface area contributed by atoms with Gasteiger partial charge < -0.3 is 118 Å². The molecular formula is C67H90N4O27. The number of ketones is 1. The fourth-order valence-electron chi connectivity index (χ4n) is 13.7. The largest absolute Gasteiger partial charge is 0.422 e. The molecule has 24 atom stereocenters. The number of Topliss-reactive ketones (excluding diaryl/α,β-unsaturated/α-hetero) is 1. The normalized spacial score (nSPS) is 34.7. The van der Waals surface area contributed by atoms with Crippen LogP contribution in [0.1, 0.15) is 96.6 Å². The van der Waals surface area contributed by atoms with Crippen LogP contribution in [0.15, 0.2) is 79.1 Å². The molecule has 2 saturated carbocycles. The van der Waals surface area contributed by atoms with Crippen molar-refractivity contribution in [3.05, 3.63) is 92.6 Å². The third-order valence-corrected chi connectivity index (χ3v) is 19.1. The Kier molecular flexibility index (Phi) is 25.4. The summed E-state index contributed by atoms with van der Waals surface area (Å²) in [5.41, 5.74) is -0.692. The lowest BCUT2D eigenvalue weighted by Gasteiger charge is -2.49. The van der Waals surface area contributed by atoms with Crippen LogP contribution in [-0.2, 0) is 79.8 Å². The molecule has 4 aliphatic heterocycles. The second kappa shape index (κ2) is 33.4. The molecule has 4 amide bonds. The number of benzene rings is 2. The highest BCUT2D eigenvalue weighted by molar-refractivity contribution is 5.83. The quantitative estimate of drug-likeness (QED) is 0.0234. The van der Waals surface area contributed by atoms with Crippen molar-refractivity contribution in [2.24, 2.45) is 11.8 Å². The van der Waals surface area contributed by atoms with Gasteiger partial charge in [-0.1, -0.05) is 49.7 Å². The van der Waals surface area contributed by atoms with Crippen LogP contribution >= 0.6 is 0 Å². The van der Waals surface area contributed by atoms with Gasteiger partial charge in [-0.05, 0) is 76.1 Å². The number of hydrogen-bond acceptors (Lipinski definition) is 27. The first-order valence-electron chi connectivity index (χ1n) is 33.4. The van der Waals surface area contributed by atoms with Gasteiger partial charge in [0.15, 0.2) is 18.9 Å². The maximum atomic E-state index is 14.7. The first kappa shape index (κ1) is 74.4. The van der Waals surface area contributed by atoms with Gasteiger partial charge >= 0.3 is 11.3 Å². The number of ether oxygens (including phenoxy) is 9. The average molecular weight is 1380 g/mol. The molecule has 10 unspecified atom stereocenters. The van der Waals surface area contributed by atoms with E-state index in [-0.39, 0.29) is 74.3 Å². The number of likely N-dealkylation sites (tertiary alicyclic amines) is 1. The number of aliphatic hydroxyl groups is 9. The molecule has 31 heteroatoms. The predicted octanol–water partition coefficient (Wildman–Crippen LogP) is -1.69. The maximum absolute atomic E-state index is 14.7. The molecular weight excluding hydrogens is 1290 g/mol. The van der Waals surface area contributed by atoms with Gasteiger partial charge in [-0.25, -0.2) is 9.59 Å². The lowest BCUT2D eigenvalue weighted by atomic mass is 9.78.